The highest BCUT2D eigenvalue weighted by Gasteiger charge is 2.15. The minimum absolute atomic E-state index is 0.0741. The molecule has 0 saturated heterocycles. The van der Waals surface area contributed by atoms with Crippen LogP contribution in [-0.4, -0.2) is 11.9 Å². The van der Waals surface area contributed by atoms with Crippen LogP contribution < -0.4 is 9.68 Å². The van der Waals surface area contributed by atoms with Gasteiger partial charge < -0.3 is 4.79 Å². The van der Waals surface area contributed by atoms with Crippen LogP contribution in [0, 0.1) is 4.91 Å². The van der Waals surface area contributed by atoms with Crippen molar-refractivity contribution in [2.45, 2.75) is 0 Å². The molecule has 0 saturated carbocycles. The number of carbonyl (C=O) groups is 1. The maximum Gasteiger partial charge on any atom is 0.489 e. The Balaban J connectivity index is 0.000000771. The molecule has 0 fully saturated rings. The largest absolute Gasteiger partial charge is 0.489 e. The van der Waals surface area contributed by atoms with E-state index in [1.165, 1.54) is 0 Å². The predicted molar refractivity (Wildman–Crippen MR) is 64.9 cm³/mol. The molecule has 0 amide bonds. The zero-order chi connectivity index (χ0) is 13.2. The van der Waals surface area contributed by atoms with Crippen LogP contribution in [0.4, 0.5) is 0 Å². The van der Waals surface area contributed by atoms with Gasteiger partial charge in [-0.1, -0.05) is 36.4 Å². The van der Waals surface area contributed by atoms with Crippen molar-refractivity contribution in [3.05, 3.63) is 65.6 Å². The van der Waals surface area contributed by atoms with Crippen LogP contribution in [0.15, 0.2) is 60.7 Å². The van der Waals surface area contributed by atoms with Gasteiger partial charge >= 0.3 is 5.09 Å². The zero-order valence-corrected chi connectivity index (χ0v) is 9.56. The summed E-state index contributed by atoms with van der Waals surface area (Å²) in [5.41, 5.74) is 0. The first kappa shape index (κ1) is 13.4. The standard InChI is InChI=1S/C12H10NO3.CH2O/c14-13(15-11-7-3-1-4-8-11)16-12-9-5-2-6-10-12;1-2/h1-10H;1H2/q+1;. The van der Waals surface area contributed by atoms with Gasteiger partial charge in [0.15, 0.2) is 0 Å². The lowest BCUT2D eigenvalue weighted by Crippen LogP contribution is -2.16. The molecule has 5 heteroatoms. The van der Waals surface area contributed by atoms with E-state index in [1.807, 2.05) is 18.9 Å². The summed E-state index contributed by atoms with van der Waals surface area (Å²) in [6.07, 6.45) is 0. The van der Waals surface area contributed by atoms with Crippen LogP contribution >= 0.6 is 0 Å². The zero-order valence-electron chi connectivity index (χ0n) is 9.56. The molecular formula is C13H12NO4+. The van der Waals surface area contributed by atoms with Crippen molar-refractivity contribution in [3.63, 3.8) is 0 Å². The number of hydrogen-bond acceptors (Lipinski definition) is 4. The summed E-state index contributed by atoms with van der Waals surface area (Å²) in [6, 6.07) is 17.4. The summed E-state index contributed by atoms with van der Waals surface area (Å²) in [5.74, 6) is 0.849. The highest BCUT2D eigenvalue weighted by Crippen LogP contribution is 2.11. The Morgan fingerprint density at radius 3 is 1.39 bits per heavy atom. The van der Waals surface area contributed by atoms with Crippen molar-refractivity contribution >= 4 is 6.79 Å². The van der Waals surface area contributed by atoms with Crippen LogP contribution in [-0.2, 0) is 4.79 Å². The second-order valence-electron chi connectivity index (χ2n) is 3.03. The van der Waals surface area contributed by atoms with Crippen LogP contribution in [0.5, 0.6) is 11.5 Å². The Kier molecular flexibility index (Phi) is 5.62. The lowest BCUT2D eigenvalue weighted by Gasteiger charge is -1.93. The van der Waals surface area contributed by atoms with E-state index in [9.17, 15) is 4.91 Å². The normalized spacial score (nSPS) is 8.67. The van der Waals surface area contributed by atoms with Crippen molar-refractivity contribution in [3.8, 4) is 11.5 Å². The molecule has 0 aliphatic rings. The lowest BCUT2D eigenvalue weighted by atomic mass is 10.3. The Labute approximate surface area is 104 Å². The van der Waals surface area contributed by atoms with E-state index in [1.54, 1.807) is 48.5 Å². The minimum atomic E-state index is 0.0741. The minimum Gasteiger partial charge on any atom is -0.307 e. The summed E-state index contributed by atoms with van der Waals surface area (Å²) in [4.78, 5) is 29.0. The van der Waals surface area contributed by atoms with E-state index in [0.717, 1.165) is 0 Å². The van der Waals surface area contributed by atoms with E-state index < -0.39 is 0 Å². The lowest BCUT2D eigenvalue weighted by molar-refractivity contribution is -0.920. The third kappa shape index (κ3) is 4.44. The fourth-order valence-corrected chi connectivity index (χ4v) is 1.15. The SMILES string of the molecule is C=O.O=[N+](Oc1ccccc1)Oc1ccccc1. The summed E-state index contributed by atoms with van der Waals surface area (Å²) < 4.78 is 0. The molecule has 0 heterocycles. The molecule has 0 aliphatic carbocycles. The van der Waals surface area contributed by atoms with Gasteiger partial charge in [0.1, 0.15) is 11.7 Å². The van der Waals surface area contributed by atoms with Crippen LogP contribution in [0.25, 0.3) is 0 Å². The van der Waals surface area contributed by atoms with Gasteiger partial charge in [-0.15, -0.1) is 9.68 Å². The Hall–Kier alpha value is -2.69. The topological polar surface area (TPSA) is 55.6 Å². The molecule has 0 N–H and O–H groups in total. The molecule has 0 aliphatic heterocycles. The van der Waals surface area contributed by atoms with Crippen molar-refractivity contribution in [2.75, 3.05) is 0 Å². The Bertz CT molecular complexity index is 429. The second-order valence-corrected chi connectivity index (χ2v) is 3.03. The highest BCUT2D eigenvalue weighted by molar-refractivity contribution is 5.21. The van der Waals surface area contributed by atoms with Gasteiger partial charge in [0, 0.05) is 0 Å². The van der Waals surface area contributed by atoms with E-state index >= 15 is 0 Å². The van der Waals surface area contributed by atoms with E-state index in [0.29, 0.717) is 11.5 Å². The average molecular weight is 246 g/mol. The van der Waals surface area contributed by atoms with E-state index in [-0.39, 0.29) is 5.09 Å². The summed E-state index contributed by atoms with van der Waals surface area (Å²) >= 11 is 0. The number of nitrogens with zero attached hydrogens (tertiary/aromatic N) is 1. The first-order chi connectivity index (χ1) is 8.84. The maximum absolute atomic E-state index is 11.3. The molecule has 18 heavy (non-hydrogen) atoms. The summed E-state index contributed by atoms with van der Waals surface area (Å²) in [7, 11) is 0. The summed E-state index contributed by atoms with van der Waals surface area (Å²) in [5, 5.41) is 0.0741. The van der Waals surface area contributed by atoms with Crippen molar-refractivity contribution in [1.29, 1.82) is 0 Å². The number of benzene rings is 2. The van der Waals surface area contributed by atoms with Crippen molar-refractivity contribution in [2.24, 2.45) is 0 Å². The van der Waals surface area contributed by atoms with Crippen molar-refractivity contribution in [1.82, 2.24) is 0 Å². The first-order valence-corrected chi connectivity index (χ1v) is 5.07. The van der Waals surface area contributed by atoms with Crippen LogP contribution in [0.2, 0.25) is 0 Å². The van der Waals surface area contributed by atoms with Gasteiger partial charge in [-0.3, -0.25) is 0 Å². The highest BCUT2D eigenvalue weighted by atomic mass is 17.0. The van der Waals surface area contributed by atoms with Gasteiger partial charge in [0.25, 0.3) is 0 Å². The first-order valence-electron chi connectivity index (χ1n) is 5.07. The molecule has 2 aromatic carbocycles. The van der Waals surface area contributed by atoms with Gasteiger partial charge in [-0.2, -0.15) is 0 Å². The molecule has 2 aromatic rings. The number of carbonyl (C=O) groups excluding carboxylic acids is 1. The number of para-hydroxylation sites is 2. The van der Waals surface area contributed by atoms with E-state index in [4.69, 9.17) is 14.5 Å². The molecule has 0 atom stereocenters. The number of rotatable bonds is 4. The molecule has 0 unspecified atom stereocenters. The van der Waals surface area contributed by atoms with Gasteiger partial charge in [0.05, 0.1) is 0 Å². The monoisotopic (exact) mass is 246 g/mol. The molecule has 2 rings (SSSR count). The fraction of sp³-hybridized carbons (Fsp3) is 0. The van der Waals surface area contributed by atoms with Gasteiger partial charge in [-0.05, 0) is 24.3 Å². The predicted octanol–water partition coefficient (Wildman–Crippen LogP) is 2.57. The van der Waals surface area contributed by atoms with Crippen LogP contribution in [0.1, 0.15) is 0 Å². The molecule has 0 aromatic heterocycles. The molecule has 0 bridgehead atoms. The maximum atomic E-state index is 11.3. The Morgan fingerprint density at radius 2 is 1.06 bits per heavy atom. The second kappa shape index (κ2) is 7.56. The third-order valence-corrected chi connectivity index (χ3v) is 1.85. The van der Waals surface area contributed by atoms with Crippen LogP contribution in [0.3, 0.4) is 0 Å². The van der Waals surface area contributed by atoms with Gasteiger partial charge in [0.2, 0.25) is 11.5 Å². The summed E-state index contributed by atoms with van der Waals surface area (Å²) in [6.45, 7) is 2.00. The quantitative estimate of drug-likeness (QED) is 0.778. The fourth-order valence-electron chi connectivity index (χ4n) is 1.15. The van der Waals surface area contributed by atoms with Gasteiger partial charge in [-0.25, -0.2) is 0 Å². The molecule has 0 spiro atoms. The molecule has 5 nitrogen and oxygen atoms in total. The smallest absolute Gasteiger partial charge is 0.307 e. The molecule has 0 radical (unpaired) electrons. The Morgan fingerprint density at radius 1 is 0.722 bits per heavy atom. The average Bonchev–Trinajstić information content (AvgIpc) is 2.43. The van der Waals surface area contributed by atoms with E-state index in [2.05, 4.69) is 0 Å². The molecule has 92 valence electrons. The molecular weight excluding hydrogens is 234 g/mol. The third-order valence-electron chi connectivity index (χ3n) is 1.85. The van der Waals surface area contributed by atoms with Crippen molar-refractivity contribution < 1.29 is 19.6 Å². The number of hydrogen-bond donors (Lipinski definition) is 0.